The van der Waals surface area contributed by atoms with Crippen molar-refractivity contribution in [2.75, 3.05) is 0 Å². The van der Waals surface area contributed by atoms with E-state index in [0.29, 0.717) is 6.54 Å². The normalized spacial score (nSPS) is 10.0. The fourth-order valence-electron chi connectivity index (χ4n) is 1.52. The fourth-order valence-corrected chi connectivity index (χ4v) is 1.52. The van der Waals surface area contributed by atoms with E-state index in [1.54, 1.807) is 18.5 Å². The average Bonchev–Trinajstić information content (AvgIpc) is 2.33. The molecule has 0 aliphatic carbocycles. The van der Waals surface area contributed by atoms with E-state index < -0.39 is 0 Å². The zero-order valence-electron chi connectivity index (χ0n) is 8.59. The topological polar surface area (TPSA) is 39.1 Å². The van der Waals surface area contributed by atoms with Crippen LogP contribution in [-0.2, 0) is 11.3 Å². The highest BCUT2D eigenvalue weighted by molar-refractivity contribution is 5.74. The molecular formula is C13H10NO2. The first kappa shape index (κ1) is 10.4. The molecule has 1 heterocycles. The van der Waals surface area contributed by atoms with Crippen LogP contribution in [0.25, 0.3) is 0 Å². The van der Waals surface area contributed by atoms with Gasteiger partial charge in [-0.3, -0.25) is 9.59 Å². The molecule has 0 atom stereocenters. The lowest BCUT2D eigenvalue weighted by Gasteiger charge is -2.05. The van der Waals surface area contributed by atoms with Gasteiger partial charge in [-0.25, -0.2) is 0 Å². The van der Waals surface area contributed by atoms with E-state index >= 15 is 0 Å². The highest BCUT2D eigenvalue weighted by Gasteiger charge is 2.02. The molecule has 0 unspecified atom stereocenters. The molecule has 3 nitrogen and oxygen atoms in total. The fraction of sp³-hybridized carbons (Fsp3) is 0.0769. The Morgan fingerprint density at radius 2 is 1.81 bits per heavy atom. The monoisotopic (exact) mass is 212 g/mol. The second-order valence-electron chi connectivity index (χ2n) is 3.44. The van der Waals surface area contributed by atoms with Crippen LogP contribution in [0, 0.1) is 0 Å². The first-order chi connectivity index (χ1) is 7.81. The van der Waals surface area contributed by atoms with E-state index in [-0.39, 0.29) is 11.1 Å². The van der Waals surface area contributed by atoms with Crippen molar-refractivity contribution in [3.05, 3.63) is 70.1 Å². The van der Waals surface area contributed by atoms with Gasteiger partial charge in [0.15, 0.2) is 0 Å². The third-order valence-electron chi connectivity index (χ3n) is 2.33. The van der Waals surface area contributed by atoms with Gasteiger partial charge < -0.3 is 4.57 Å². The van der Waals surface area contributed by atoms with Gasteiger partial charge in [0.25, 0.3) is 5.56 Å². The molecule has 0 spiro atoms. The van der Waals surface area contributed by atoms with Gasteiger partial charge in [0.1, 0.15) is 0 Å². The van der Waals surface area contributed by atoms with Crippen molar-refractivity contribution in [1.82, 2.24) is 4.57 Å². The summed E-state index contributed by atoms with van der Waals surface area (Å²) in [5.41, 5.74) is 0.785. The number of aromatic nitrogens is 1. The van der Waals surface area contributed by atoms with Crippen molar-refractivity contribution >= 4 is 6.29 Å². The number of hydrogen-bond donors (Lipinski definition) is 0. The zero-order chi connectivity index (χ0) is 11.4. The third-order valence-corrected chi connectivity index (χ3v) is 2.33. The Balaban J connectivity index is 2.36. The van der Waals surface area contributed by atoms with Gasteiger partial charge in [0, 0.05) is 6.20 Å². The van der Waals surface area contributed by atoms with Gasteiger partial charge in [-0.05, 0) is 17.7 Å². The van der Waals surface area contributed by atoms with Crippen LogP contribution in [0.2, 0.25) is 0 Å². The number of pyridine rings is 1. The minimum absolute atomic E-state index is 0.0680. The summed E-state index contributed by atoms with van der Waals surface area (Å²) in [6.45, 7) is 0.467. The molecule has 0 saturated heterocycles. The van der Waals surface area contributed by atoms with Gasteiger partial charge in [0.05, 0.1) is 12.1 Å². The van der Waals surface area contributed by atoms with Crippen LogP contribution < -0.4 is 5.56 Å². The minimum Gasteiger partial charge on any atom is -0.310 e. The number of hydrogen-bond acceptors (Lipinski definition) is 2. The molecule has 0 fully saturated rings. The van der Waals surface area contributed by atoms with Crippen molar-refractivity contribution in [1.29, 1.82) is 0 Å². The van der Waals surface area contributed by atoms with E-state index in [0.717, 1.165) is 5.56 Å². The molecule has 0 aliphatic rings. The van der Waals surface area contributed by atoms with Crippen LogP contribution in [0.4, 0.5) is 0 Å². The van der Waals surface area contributed by atoms with Crippen LogP contribution in [0.1, 0.15) is 11.1 Å². The highest BCUT2D eigenvalue weighted by Crippen LogP contribution is 2.00. The lowest BCUT2D eigenvalue weighted by Crippen LogP contribution is -2.23. The van der Waals surface area contributed by atoms with E-state index in [2.05, 4.69) is 0 Å². The lowest BCUT2D eigenvalue weighted by molar-refractivity contribution is 0.561. The molecule has 1 aromatic carbocycles. The van der Waals surface area contributed by atoms with Crippen molar-refractivity contribution in [3.8, 4) is 0 Å². The Kier molecular flexibility index (Phi) is 2.96. The summed E-state index contributed by atoms with van der Waals surface area (Å²) >= 11 is 0. The molecule has 0 N–H and O–H groups in total. The largest absolute Gasteiger partial charge is 0.310 e. The lowest BCUT2D eigenvalue weighted by atomic mass is 10.2. The number of carbonyl (C=O) groups excluding carboxylic acids is 1. The summed E-state index contributed by atoms with van der Waals surface area (Å²) in [5.74, 6) is 0. The average molecular weight is 212 g/mol. The van der Waals surface area contributed by atoms with E-state index in [1.807, 2.05) is 30.3 Å². The Morgan fingerprint density at radius 3 is 2.50 bits per heavy atom. The molecule has 0 saturated carbocycles. The molecule has 79 valence electrons. The molecule has 16 heavy (non-hydrogen) atoms. The maximum absolute atomic E-state index is 11.7. The molecule has 0 amide bonds. The summed E-state index contributed by atoms with van der Waals surface area (Å²) in [5, 5.41) is 0. The van der Waals surface area contributed by atoms with Crippen LogP contribution in [0.5, 0.6) is 0 Å². The van der Waals surface area contributed by atoms with Crippen LogP contribution in [0.3, 0.4) is 0 Å². The maximum atomic E-state index is 11.7. The summed E-state index contributed by atoms with van der Waals surface area (Å²) in [6.07, 6.45) is 3.30. The van der Waals surface area contributed by atoms with Gasteiger partial charge in [0.2, 0.25) is 6.29 Å². The SMILES string of the molecule is O=[C]c1cccn(Cc2ccccc2)c1=O. The summed E-state index contributed by atoms with van der Waals surface area (Å²) in [6, 6.07) is 12.8. The van der Waals surface area contributed by atoms with E-state index in [9.17, 15) is 9.59 Å². The molecule has 0 aliphatic heterocycles. The predicted molar refractivity (Wildman–Crippen MR) is 61.0 cm³/mol. The van der Waals surface area contributed by atoms with E-state index in [1.165, 1.54) is 10.6 Å². The minimum atomic E-state index is -0.304. The molecule has 1 radical (unpaired) electrons. The number of rotatable bonds is 3. The summed E-state index contributed by atoms with van der Waals surface area (Å²) < 4.78 is 1.50. The highest BCUT2D eigenvalue weighted by atomic mass is 16.1. The van der Waals surface area contributed by atoms with Crippen LogP contribution in [-0.4, -0.2) is 10.9 Å². The van der Waals surface area contributed by atoms with Crippen LogP contribution >= 0.6 is 0 Å². The molecule has 2 rings (SSSR count). The second kappa shape index (κ2) is 4.57. The first-order valence-corrected chi connectivity index (χ1v) is 4.93. The van der Waals surface area contributed by atoms with Gasteiger partial charge >= 0.3 is 0 Å². The predicted octanol–water partition coefficient (Wildman–Crippen LogP) is 1.35. The van der Waals surface area contributed by atoms with Crippen molar-refractivity contribution in [2.45, 2.75) is 6.54 Å². The number of nitrogens with zero attached hydrogens (tertiary/aromatic N) is 1. The Labute approximate surface area is 93.0 Å². The smallest absolute Gasteiger partial charge is 0.262 e. The first-order valence-electron chi connectivity index (χ1n) is 4.93. The van der Waals surface area contributed by atoms with Crippen molar-refractivity contribution in [3.63, 3.8) is 0 Å². The molecule has 3 heteroatoms. The second-order valence-corrected chi connectivity index (χ2v) is 3.44. The maximum Gasteiger partial charge on any atom is 0.262 e. The molecular weight excluding hydrogens is 202 g/mol. The quantitative estimate of drug-likeness (QED) is 0.770. The molecule has 0 bridgehead atoms. The third kappa shape index (κ3) is 2.08. The molecule has 2 aromatic rings. The zero-order valence-corrected chi connectivity index (χ0v) is 8.59. The Hall–Kier alpha value is -2.16. The summed E-state index contributed by atoms with van der Waals surface area (Å²) in [4.78, 5) is 22.2. The standard InChI is InChI=1S/C13H10NO2/c15-10-12-7-4-8-14(13(12)16)9-11-5-2-1-3-6-11/h1-8H,9H2. The Bertz CT molecular complexity index is 543. The van der Waals surface area contributed by atoms with Crippen molar-refractivity contribution in [2.24, 2.45) is 0 Å². The van der Waals surface area contributed by atoms with Crippen LogP contribution in [0.15, 0.2) is 53.5 Å². The van der Waals surface area contributed by atoms with Crippen molar-refractivity contribution < 1.29 is 4.79 Å². The summed E-state index contributed by atoms with van der Waals surface area (Å²) in [7, 11) is 0. The number of benzene rings is 1. The Morgan fingerprint density at radius 1 is 1.06 bits per heavy atom. The van der Waals surface area contributed by atoms with Gasteiger partial charge in [-0.2, -0.15) is 0 Å². The van der Waals surface area contributed by atoms with Gasteiger partial charge in [-0.15, -0.1) is 0 Å². The van der Waals surface area contributed by atoms with Gasteiger partial charge in [-0.1, -0.05) is 30.3 Å². The molecule has 1 aromatic heterocycles. The van der Waals surface area contributed by atoms with E-state index in [4.69, 9.17) is 0 Å².